The van der Waals surface area contributed by atoms with Crippen LogP contribution < -0.4 is 15.5 Å². The second-order valence-electron chi connectivity index (χ2n) is 6.36. The number of carbonyl (C=O) groups is 2. The van der Waals surface area contributed by atoms with Crippen LogP contribution in [-0.4, -0.2) is 38.0 Å². The number of piperazine rings is 1. The maximum atomic E-state index is 12.3. The van der Waals surface area contributed by atoms with E-state index in [1.54, 1.807) is 0 Å². The summed E-state index contributed by atoms with van der Waals surface area (Å²) >= 11 is 0. The highest BCUT2D eigenvalue weighted by Crippen LogP contribution is 2.20. The molecule has 0 spiro atoms. The van der Waals surface area contributed by atoms with Crippen molar-refractivity contribution >= 4 is 11.8 Å². The van der Waals surface area contributed by atoms with Crippen LogP contribution in [0, 0.1) is 5.92 Å². The summed E-state index contributed by atoms with van der Waals surface area (Å²) in [6.45, 7) is 6.50. The first kappa shape index (κ1) is 16.5. The van der Waals surface area contributed by atoms with E-state index in [1.165, 1.54) is 0 Å². The van der Waals surface area contributed by atoms with E-state index < -0.39 is 0 Å². The summed E-state index contributed by atoms with van der Waals surface area (Å²) in [5.41, 5.74) is 1.14. The van der Waals surface area contributed by atoms with Gasteiger partial charge in [0.1, 0.15) is 0 Å². The van der Waals surface area contributed by atoms with Crippen LogP contribution in [0.2, 0.25) is 0 Å². The molecule has 0 radical (unpaired) electrons. The highest BCUT2D eigenvalue weighted by Gasteiger charge is 2.24. The van der Waals surface area contributed by atoms with Crippen LogP contribution in [-0.2, 0) is 9.59 Å². The van der Waals surface area contributed by atoms with E-state index in [1.807, 2.05) is 18.2 Å². The first-order valence-corrected chi connectivity index (χ1v) is 7.99. The van der Waals surface area contributed by atoms with Gasteiger partial charge in [0, 0.05) is 0 Å². The van der Waals surface area contributed by atoms with Gasteiger partial charge in [0.15, 0.2) is 13.1 Å². The van der Waals surface area contributed by atoms with Crippen molar-refractivity contribution in [2.75, 3.05) is 26.2 Å². The number of hydrogen-bond acceptors (Lipinski definition) is 2. The van der Waals surface area contributed by atoms with Crippen LogP contribution >= 0.6 is 0 Å². The number of hydrogen-bond donors (Lipinski definition) is 3. The second kappa shape index (κ2) is 7.94. The Morgan fingerprint density at radius 3 is 2.68 bits per heavy atom. The zero-order valence-electron chi connectivity index (χ0n) is 13.4. The topological polar surface area (TPSA) is 62.6 Å². The molecule has 2 atom stereocenters. The largest absolute Gasteiger partial charge is 0.346 e. The van der Waals surface area contributed by atoms with Gasteiger partial charge >= 0.3 is 0 Å². The molecule has 2 rings (SSSR count). The van der Waals surface area contributed by atoms with E-state index in [9.17, 15) is 9.59 Å². The molecule has 0 aliphatic carbocycles. The number of carbonyl (C=O) groups excluding carboxylic acids is 2. The normalized spacial score (nSPS) is 19.6. The molecule has 3 N–H and O–H groups in total. The van der Waals surface area contributed by atoms with Crippen LogP contribution in [0.4, 0.5) is 0 Å². The van der Waals surface area contributed by atoms with Crippen molar-refractivity contribution in [3.63, 3.8) is 0 Å². The molecule has 5 heteroatoms. The molecule has 1 aromatic carbocycles. The maximum absolute atomic E-state index is 12.3. The van der Waals surface area contributed by atoms with Crippen molar-refractivity contribution in [2.24, 2.45) is 5.92 Å². The van der Waals surface area contributed by atoms with Crippen molar-refractivity contribution in [2.45, 2.75) is 26.3 Å². The van der Waals surface area contributed by atoms with E-state index in [0.717, 1.165) is 23.4 Å². The molecule has 1 saturated heterocycles. The highest BCUT2D eigenvalue weighted by atomic mass is 16.2. The summed E-state index contributed by atoms with van der Waals surface area (Å²) in [7, 11) is 0. The minimum atomic E-state index is 0.0132. The first-order chi connectivity index (χ1) is 10.5. The fraction of sp³-hybridized carbons (Fsp3) is 0.529. The molecule has 22 heavy (non-hydrogen) atoms. The standard InChI is InChI=1S/C17H25N3O2/c1-13(2)10-15(14-6-4-3-5-7-14)19-17(22)12-20-9-8-18-16(21)11-20/h3-7,13,15H,8-12H2,1-2H3,(H,18,21)(H,19,22)/p+1/t15-/m0/s1. The monoisotopic (exact) mass is 304 g/mol. The number of nitrogens with one attached hydrogen (secondary N) is 3. The van der Waals surface area contributed by atoms with Crippen molar-refractivity contribution in [3.05, 3.63) is 35.9 Å². The van der Waals surface area contributed by atoms with Crippen molar-refractivity contribution in [1.29, 1.82) is 0 Å². The predicted molar refractivity (Wildman–Crippen MR) is 85.4 cm³/mol. The van der Waals surface area contributed by atoms with Gasteiger partial charge < -0.3 is 15.5 Å². The van der Waals surface area contributed by atoms with Crippen LogP contribution in [0.5, 0.6) is 0 Å². The van der Waals surface area contributed by atoms with Gasteiger partial charge in [-0.15, -0.1) is 0 Å². The molecular formula is C17H26N3O2+. The zero-order chi connectivity index (χ0) is 15.9. The molecule has 1 aliphatic rings. The molecule has 1 fully saturated rings. The average molecular weight is 304 g/mol. The molecule has 1 aromatic rings. The van der Waals surface area contributed by atoms with Crippen LogP contribution in [0.25, 0.3) is 0 Å². The fourth-order valence-electron chi connectivity index (χ4n) is 2.82. The molecule has 0 aromatic heterocycles. The number of rotatable bonds is 6. The number of amides is 2. The van der Waals surface area contributed by atoms with Gasteiger partial charge in [-0.05, 0) is 17.9 Å². The molecule has 5 nitrogen and oxygen atoms in total. The van der Waals surface area contributed by atoms with Gasteiger partial charge in [-0.1, -0.05) is 44.2 Å². The quantitative estimate of drug-likeness (QED) is 0.687. The molecule has 120 valence electrons. The molecule has 0 saturated carbocycles. The Labute approximate surface area is 132 Å². The SMILES string of the molecule is CC(C)C[C@H](NC(=O)C[NH+]1CCNC(=O)C1)c1ccccc1. The lowest BCUT2D eigenvalue weighted by Crippen LogP contribution is -3.16. The van der Waals surface area contributed by atoms with E-state index >= 15 is 0 Å². The van der Waals surface area contributed by atoms with Gasteiger partial charge in [-0.3, -0.25) is 9.59 Å². The fourth-order valence-corrected chi connectivity index (χ4v) is 2.82. The third kappa shape index (κ3) is 5.15. The summed E-state index contributed by atoms with van der Waals surface area (Å²) in [5, 5.41) is 5.92. The van der Waals surface area contributed by atoms with E-state index in [-0.39, 0.29) is 17.9 Å². The lowest BCUT2D eigenvalue weighted by Gasteiger charge is -2.25. The summed E-state index contributed by atoms with van der Waals surface area (Å²) in [5.74, 6) is 0.536. The van der Waals surface area contributed by atoms with Crippen LogP contribution in [0.3, 0.4) is 0 Å². The molecule has 1 aliphatic heterocycles. The summed E-state index contributed by atoms with van der Waals surface area (Å²) in [4.78, 5) is 24.7. The summed E-state index contributed by atoms with van der Waals surface area (Å²) in [6.07, 6.45) is 0.908. The Morgan fingerprint density at radius 2 is 2.05 bits per heavy atom. The zero-order valence-corrected chi connectivity index (χ0v) is 13.4. The van der Waals surface area contributed by atoms with Gasteiger partial charge in [0.2, 0.25) is 0 Å². The van der Waals surface area contributed by atoms with Gasteiger partial charge in [-0.2, -0.15) is 0 Å². The Bertz CT molecular complexity index is 502. The van der Waals surface area contributed by atoms with Gasteiger partial charge in [0.25, 0.3) is 11.8 Å². The Hall–Kier alpha value is -1.88. The van der Waals surface area contributed by atoms with Crippen LogP contribution in [0.15, 0.2) is 30.3 Å². The summed E-state index contributed by atoms with van der Waals surface area (Å²) < 4.78 is 0. The first-order valence-electron chi connectivity index (χ1n) is 7.99. The van der Waals surface area contributed by atoms with E-state index in [2.05, 4.69) is 36.6 Å². The number of benzene rings is 1. The Morgan fingerprint density at radius 1 is 1.32 bits per heavy atom. The minimum Gasteiger partial charge on any atom is -0.346 e. The lowest BCUT2D eigenvalue weighted by molar-refractivity contribution is -0.885. The molecule has 1 heterocycles. The summed E-state index contributed by atoms with van der Waals surface area (Å²) in [6, 6.07) is 10.1. The smallest absolute Gasteiger partial charge is 0.275 e. The van der Waals surface area contributed by atoms with Crippen LogP contribution in [0.1, 0.15) is 31.9 Å². The predicted octanol–water partition coefficient (Wildman–Crippen LogP) is -0.0953. The molecule has 0 bridgehead atoms. The van der Waals surface area contributed by atoms with Crippen molar-refractivity contribution in [3.8, 4) is 0 Å². The third-order valence-corrected chi connectivity index (χ3v) is 3.87. The molecule has 1 unspecified atom stereocenters. The Balaban J connectivity index is 1.94. The highest BCUT2D eigenvalue weighted by molar-refractivity contribution is 5.79. The maximum Gasteiger partial charge on any atom is 0.275 e. The Kier molecular flexibility index (Phi) is 5.95. The van der Waals surface area contributed by atoms with Gasteiger partial charge in [-0.25, -0.2) is 0 Å². The second-order valence-corrected chi connectivity index (χ2v) is 6.36. The van der Waals surface area contributed by atoms with E-state index in [0.29, 0.717) is 25.6 Å². The van der Waals surface area contributed by atoms with Crippen molar-refractivity contribution < 1.29 is 14.5 Å². The third-order valence-electron chi connectivity index (χ3n) is 3.87. The molecule has 2 amide bonds. The molecular weight excluding hydrogens is 278 g/mol. The average Bonchev–Trinajstić information content (AvgIpc) is 2.47. The van der Waals surface area contributed by atoms with Gasteiger partial charge in [0.05, 0.1) is 19.1 Å². The van der Waals surface area contributed by atoms with E-state index in [4.69, 9.17) is 0 Å². The minimum absolute atomic E-state index is 0.0132. The lowest BCUT2D eigenvalue weighted by atomic mass is 9.97. The number of quaternary nitrogens is 1. The van der Waals surface area contributed by atoms with Crippen molar-refractivity contribution in [1.82, 2.24) is 10.6 Å².